The van der Waals surface area contributed by atoms with Crippen molar-refractivity contribution in [1.29, 1.82) is 0 Å². The van der Waals surface area contributed by atoms with E-state index in [1.54, 1.807) is 35.6 Å². The highest BCUT2D eigenvalue weighted by atomic mass is 35.5. The predicted octanol–water partition coefficient (Wildman–Crippen LogP) is 3.85. The van der Waals surface area contributed by atoms with Crippen molar-refractivity contribution in [3.05, 3.63) is 50.9 Å². The van der Waals surface area contributed by atoms with Crippen LogP contribution in [0.2, 0.25) is 5.02 Å². The van der Waals surface area contributed by atoms with Crippen LogP contribution in [0.5, 0.6) is 0 Å². The van der Waals surface area contributed by atoms with E-state index >= 15 is 0 Å². The summed E-state index contributed by atoms with van der Waals surface area (Å²) in [6.07, 6.45) is 0. The zero-order chi connectivity index (χ0) is 13.8. The highest BCUT2D eigenvalue weighted by Crippen LogP contribution is 2.19. The smallest absolute Gasteiger partial charge is 0.251 e. The van der Waals surface area contributed by atoms with Crippen LogP contribution in [0.3, 0.4) is 0 Å². The van der Waals surface area contributed by atoms with Crippen molar-refractivity contribution < 1.29 is 4.79 Å². The van der Waals surface area contributed by atoms with Gasteiger partial charge in [-0.15, -0.1) is 11.3 Å². The van der Waals surface area contributed by atoms with Crippen molar-refractivity contribution in [3.63, 3.8) is 0 Å². The number of rotatable bonds is 4. The second-order valence-electron chi connectivity index (χ2n) is 4.52. The number of aromatic nitrogens is 1. The zero-order valence-corrected chi connectivity index (χ0v) is 12.4. The number of hydrogen-bond donors (Lipinski definition) is 1. The van der Waals surface area contributed by atoms with E-state index in [1.165, 1.54) is 0 Å². The fourth-order valence-electron chi connectivity index (χ4n) is 1.54. The molecule has 0 aliphatic carbocycles. The van der Waals surface area contributed by atoms with E-state index in [1.807, 2.05) is 5.38 Å². The zero-order valence-electron chi connectivity index (χ0n) is 10.8. The molecule has 0 spiro atoms. The minimum atomic E-state index is -0.115. The summed E-state index contributed by atoms with van der Waals surface area (Å²) < 4.78 is 0. The standard InChI is InChI=1S/C14H15ClN2OS/c1-9(2)14-17-12(8-19-14)7-16-13(18)10-3-5-11(15)6-4-10/h3-6,8-9H,7H2,1-2H3,(H,16,18). The van der Waals surface area contributed by atoms with Crippen LogP contribution in [0.4, 0.5) is 0 Å². The van der Waals surface area contributed by atoms with Crippen LogP contribution in [0, 0.1) is 0 Å². The number of thiazole rings is 1. The van der Waals surface area contributed by atoms with E-state index in [-0.39, 0.29) is 5.91 Å². The molecular weight excluding hydrogens is 280 g/mol. The van der Waals surface area contributed by atoms with Crippen molar-refractivity contribution in [2.75, 3.05) is 0 Å². The molecule has 2 aromatic rings. The Bertz CT molecular complexity index is 563. The Balaban J connectivity index is 1.94. The number of nitrogens with one attached hydrogen (secondary N) is 1. The lowest BCUT2D eigenvalue weighted by Crippen LogP contribution is -2.22. The summed E-state index contributed by atoms with van der Waals surface area (Å²) in [5, 5.41) is 6.55. The largest absolute Gasteiger partial charge is 0.346 e. The molecule has 0 radical (unpaired) electrons. The van der Waals surface area contributed by atoms with Gasteiger partial charge in [0.05, 0.1) is 17.2 Å². The SMILES string of the molecule is CC(C)c1nc(CNC(=O)c2ccc(Cl)cc2)cs1. The van der Waals surface area contributed by atoms with Gasteiger partial charge in [0.25, 0.3) is 5.91 Å². The van der Waals surface area contributed by atoms with Gasteiger partial charge in [0.1, 0.15) is 0 Å². The Hall–Kier alpha value is -1.39. The number of nitrogens with zero attached hydrogens (tertiary/aromatic N) is 1. The summed E-state index contributed by atoms with van der Waals surface area (Å²) in [6.45, 7) is 4.66. The first-order valence-electron chi connectivity index (χ1n) is 6.04. The van der Waals surface area contributed by atoms with E-state index in [4.69, 9.17) is 11.6 Å². The van der Waals surface area contributed by atoms with E-state index in [2.05, 4.69) is 24.1 Å². The van der Waals surface area contributed by atoms with Gasteiger partial charge in [-0.05, 0) is 24.3 Å². The Labute approximate surface area is 121 Å². The molecule has 19 heavy (non-hydrogen) atoms. The fourth-order valence-corrected chi connectivity index (χ4v) is 2.50. The van der Waals surface area contributed by atoms with Gasteiger partial charge in [-0.2, -0.15) is 0 Å². The highest BCUT2D eigenvalue weighted by molar-refractivity contribution is 7.09. The Morgan fingerprint density at radius 2 is 2.05 bits per heavy atom. The number of halogens is 1. The molecule has 0 saturated heterocycles. The molecule has 0 bridgehead atoms. The van der Waals surface area contributed by atoms with E-state index < -0.39 is 0 Å². The number of carbonyl (C=O) groups excluding carboxylic acids is 1. The third kappa shape index (κ3) is 3.78. The highest BCUT2D eigenvalue weighted by Gasteiger charge is 2.08. The van der Waals surface area contributed by atoms with Gasteiger partial charge in [0.15, 0.2) is 0 Å². The van der Waals surface area contributed by atoms with Crippen LogP contribution >= 0.6 is 22.9 Å². The molecule has 2 rings (SSSR count). The Morgan fingerprint density at radius 3 is 2.63 bits per heavy atom. The van der Waals surface area contributed by atoms with Crippen LogP contribution in [0.25, 0.3) is 0 Å². The Morgan fingerprint density at radius 1 is 1.37 bits per heavy atom. The maximum Gasteiger partial charge on any atom is 0.251 e. The lowest BCUT2D eigenvalue weighted by Gasteiger charge is -2.03. The maximum atomic E-state index is 11.9. The van der Waals surface area contributed by atoms with Gasteiger partial charge < -0.3 is 5.32 Å². The molecule has 3 nitrogen and oxygen atoms in total. The molecule has 0 fully saturated rings. The van der Waals surface area contributed by atoms with Gasteiger partial charge >= 0.3 is 0 Å². The summed E-state index contributed by atoms with van der Waals surface area (Å²) in [6, 6.07) is 6.82. The molecule has 0 atom stereocenters. The van der Waals surface area contributed by atoms with Crippen molar-refractivity contribution in [1.82, 2.24) is 10.3 Å². The molecule has 1 amide bonds. The summed E-state index contributed by atoms with van der Waals surface area (Å²) in [4.78, 5) is 16.4. The van der Waals surface area contributed by atoms with Gasteiger partial charge in [-0.1, -0.05) is 25.4 Å². The first-order valence-corrected chi connectivity index (χ1v) is 7.30. The molecule has 0 unspecified atom stereocenters. The summed E-state index contributed by atoms with van der Waals surface area (Å²) in [7, 11) is 0. The topological polar surface area (TPSA) is 42.0 Å². The monoisotopic (exact) mass is 294 g/mol. The fraction of sp³-hybridized carbons (Fsp3) is 0.286. The normalized spacial score (nSPS) is 10.7. The quantitative estimate of drug-likeness (QED) is 0.930. The van der Waals surface area contributed by atoms with Crippen LogP contribution in [0.1, 0.15) is 40.8 Å². The molecule has 100 valence electrons. The molecular formula is C14H15ClN2OS. The van der Waals surface area contributed by atoms with Crippen molar-refractivity contribution in [2.45, 2.75) is 26.3 Å². The summed E-state index contributed by atoms with van der Waals surface area (Å²) in [5.41, 5.74) is 1.50. The molecule has 5 heteroatoms. The molecule has 0 aliphatic heterocycles. The average Bonchev–Trinajstić information content (AvgIpc) is 2.86. The molecule has 0 aliphatic rings. The second-order valence-corrected chi connectivity index (χ2v) is 5.85. The average molecular weight is 295 g/mol. The number of carbonyl (C=O) groups is 1. The van der Waals surface area contributed by atoms with Crippen LogP contribution in [0.15, 0.2) is 29.6 Å². The summed E-state index contributed by atoms with van der Waals surface area (Å²) in [5.74, 6) is 0.307. The predicted molar refractivity (Wildman–Crippen MR) is 78.8 cm³/mol. The third-order valence-electron chi connectivity index (χ3n) is 2.60. The first kappa shape index (κ1) is 14.0. The van der Waals surface area contributed by atoms with Crippen molar-refractivity contribution in [3.8, 4) is 0 Å². The van der Waals surface area contributed by atoms with Crippen molar-refractivity contribution in [2.24, 2.45) is 0 Å². The summed E-state index contributed by atoms with van der Waals surface area (Å²) >= 11 is 7.41. The Kier molecular flexibility index (Phi) is 4.56. The minimum absolute atomic E-state index is 0.115. The van der Waals surface area contributed by atoms with E-state index in [0.29, 0.717) is 23.0 Å². The van der Waals surface area contributed by atoms with Gasteiger partial charge in [0, 0.05) is 21.9 Å². The molecule has 1 heterocycles. The van der Waals surface area contributed by atoms with E-state index in [9.17, 15) is 4.79 Å². The molecule has 1 aromatic heterocycles. The molecule has 1 aromatic carbocycles. The van der Waals surface area contributed by atoms with Gasteiger partial charge in [-0.25, -0.2) is 4.98 Å². The minimum Gasteiger partial charge on any atom is -0.346 e. The van der Waals surface area contributed by atoms with Crippen molar-refractivity contribution >= 4 is 28.8 Å². The van der Waals surface area contributed by atoms with E-state index in [0.717, 1.165) is 10.7 Å². The van der Waals surface area contributed by atoms with Crippen LogP contribution in [-0.4, -0.2) is 10.9 Å². The third-order valence-corrected chi connectivity index (χ3v) is 4.05. The lowest BCUT2D eigenvalue weighted by atomic mass is 10.2. The number of amides is 1. The van der Waals surface area contributed by atoms with Crippen LogP contribution < -0.4 is 5.32 Å². The van der Waals surface area contributed by atoms with Gasteiger partial charge in [0.2, 0.25) is 0 Å². The maximum absolute atomic E-state index is 11.9. The van der Waals surface area contributed by atoms with Gasteiger partial charge in [-0.3, -0.25) is 4.79 Å². The van der Waals surface area contributed by atoms with Crippen LogP contribution in [-0.2, 0) is 6.54 Å². The first-order chi connectivity index (χ1) is 9.06. The number of hydrogen-bond acceptors (Lipinski definition) is 3. The number of benzene rings is 1. The molecule has 0 saturated carbocycles. The second kappa shape index (κ2) is 6.17. The molecule has 1 N–H and O–H groups in total. The lowest BCUT2D eigenvalue weighted by molar-refractivity contribution is 0.0950.